The molecule has 0 radical (unpaired) electrons. The zero-order valence-corrected chi connectivity index (χ0v) is 15.2. The van der Waals surface area contributed by atoms with Gasteiger partial charge in [0.15, 0.2) is 10.6 Å². The van der Waals surface area contributed by atoms with Crippen LogP contribution in [0, 0.1) is 4.77 Å². The third kappa shape index (κ3) is 3.19. The van der Waals surface area contributed by atoms with Gasteiger partial charge >= 0.3 is 0 Å². The topological polar surface area (TPSA) is 62.7 Å². The van der Waals surface area contributed by atoms with E-state index in [0.717, 1.165) is 26.3 Å². The third-order valence-electron chi connectivity index (χ3n) is 3.57. The summed E-state index contributed by atoms with van der Waals surface area (Å²) in [4.78, 5) is 13.4. The van der Waals surface area contributed by atoms with Gasteiger partial charge in [-0.25, -0.2) is 0 Å². The fourth-order valence-corrected chi connectivity index (χ4v) is 4.32. The van der Waals surface area contributed by atoms with E-state index in [9.17, 15) is 4.79 Å². The maximum atomic E-state index is 12.6. The van der Waals surface area contributed by atoms with Crippen LogP contribution < -0.4 is 5.32 Å². The summed E-state index contributed by atoms with van der Waals surface area (Å²) >= 11 is 8.33. The predicted molar refractivity (Wildman–Crippen MR) is 98.6 cm³/mol. The number of hydrogen-bond acceptors (Lipinski definition) is 5. The zero-order valence-electron chi connectivity index (χ0n) is 12.8. The van der Waals surface area contributed by atoms with Gasteiger partial charge in [-0.3, -0.25) is 9.89 Å². The lowest BCUT2D eigenvalue weighted by Crippen LogP contribution is -2.24. The summed E-state index contributed by atoms with van der Waals surface area (Å²) in [5, 5.41) is 10.9. The van der Waals surface area contributed by atoms with Gasteiger partial charge < -0.3 is 9.88 Å². The lowest BCUT2D eigenvalue weighted by molar-refractivity contribution is 0.0953. The monoisotopic (exact) mass is 364 g/mol. The van der Waals surface area contributed by atoms with Crippen LogP contribution in [-0.2, 0) is 19.3 Å². The largest absolute Gasteiger partial charge is 0.344 e. The SMILES string of the molecule is CSCc1c(C(=O)NCc2n[nH]c(=S)n2C)sc2ccccc12. The highest BCUT2D eigenvalue weighted by Gasteiger charge is 2.18. The van der Waals surface area contributed by atoms with E-state index in [0.29, 0.717) is 17.1 Å². The number of rotatable bonds is 5. The second-order valence-electron chi connectivity index (χ2n) is 5.03. The Labute approximate surface area is 147 Å². The van der Waals surface area contributed by atoms with Crippen LogP contribution in [0.25, 0.3) is 10.1 Å². The number of carbonyl (C=O) groups excluding carboxylic acids is 1. The average molecular weight is 365 g/mol. The first-order valence-electron chi connectivity index (χ1n) is 6.99. The van der Waals surface area contributed by atoms with Gasteiger partial charge in [-0.15, -0.1) is 11.3 Å². The zero-order chi connectivity index (χ0) is 16.4. The molecular formula is C15H16N4OS3. The van der Waals surface area contributed by atoms with Crippen molar-refractivity contribution in [1.29, 1.82) is 0 Å². The van der Waals surface area contributed by atoms with E-state index in [1.807, 2.05) is 25.4 Å². The number of carbonyl (C=O) groups is 1. The highest BCUT2D eigenvalue weighted by atomic mass is 32.2. The molecule has 120 valence electrons. The fraction of sp³-hybridized carbons (Fsp3) is 0.267. The third-order valence-corrected chi connectivity index (χ3v) is 5.73. The van der Waals surface area contributed by atoms with Crippen LogP contribution in [0.3, 0.4) is 0 Å². The smallest absolute Gasteiger partial charge is 0.262 e. The number of aromatic nitrogens is 3. The molecule has 0 saturated heterocycles. The van der Waals surface area contributed by atoms with E-state index < -0.39 is 0 Å². The molecule has 0 aliphatic rings. The van der Waals surface area contributed by atoms with E-state index in [4.69, 9.17) is 12.2 Å². The summed E-state index contributed by atoms with van der Waals surface area (Å²) in [6.45, 7) is 0.343. The Balaban J connectivity index is 1.87. The Morgan fingerprint density at radius 3 is 2.96 bits per heavy atom. The van der Waals surface area contributed by atoms with Crippen molar-refractivity contribution in [1.82, 2.24) is 20.1 Å². The van der Waals surface area contributed by atoms with Crippen molar-refractivity contribution < 1.29 is 4.79 Å². The Bertz CT molecular complexity index is 909. The van der Waals surface area contributed by atoms with Crippen molar-refractivity contribution in [3.8, 4) is 0 Å². The molecular weight excluding hydrogens is 348 g/mol. The molecule has 2 aromatic heterocycles. The van der Waals surface area contributed by atoms with Crippen LogP contribution in [0.4, 0.5) is 0 Å². The fourth-order valence-electron chi connectivity index (χ4n) is 2.35. The number of thioether (sulfide) groups is 1. The van der Waals surface area contributed by atoms with Gasteiger partial charge in [0.05, 0.1) is 11.4 Å². The lowest BCUT2D eigenvalue weighted by Gasteiger charge is -2.05. The van der Waals surface area contributed by atoms with Gasteiger partial charge in [0.1, 0.15) is 0 Å². The summed E-state index contributed by atoms with van der Waals surface area (Å²) in [7, 11) is 1.83. The minimum Gasteiger partial charge on any atom is -0.344 e. The van der Waals surface area contributed by atoms with E-state index >= 15 is 0 Å². The normalized spacial score (nSPS) is 11.0. The van der Waals surface area contributed by atoms with Gasteiger partial charge in [0, 0.05) is 17.5 Å². The number of amides is 1. The summed E-state index contributed by atoms with van der Waals surface area (Å²) in [5.41, 5.74) is 1.10. The number of benzene rings is 1. The summed E-state index contributed by atoms with van der Waals surface area (Å²) in [6.07, 6.45) is 2.04. The second-order valence-corrected chi connectivity index (χ2v) is 7.33. The molecule has 0 spiro atoms. The molecule has 0 atom stereocenters. The van der Waals surface area contributed by atoms with Gasteiger partial charge in [0.25, 0.3) is 5.91 Å². The number of fused-ring (bicyclic) bond motifs is 1. The number of aromatic amines is 1. The van der Waals surface area contributed by atoms with Crippen LogP contribution in [-0.4, -0.2) is 26.9 Å². The van der Waals surface area contributed by atoms with Crippen molar-refractivity contribution in [3.63, 3.8) is 0 Å². The molecule has 2 heterocycles. The predicted octanol–water partition coefficient (Wildman–Crippen LogP) is 3.49. The lowest BCUT2D eigenvalue weighted by atomic mass is 10.1. The van der Waals surface area contributed by atoms with Crippen LogP contribution >= 0.6 is 35.3 Å². The number of nitrogens with zero attached hydrogens (tertiary/aromatic N) is 2. The number of H-pyrrole nitrogens is 1. The van der Waals surface area contributed by atoms with Crippen LogP contribution in [0.15, 0.2) is 24.3 Å². The maximum absolute atomic E-state index is 12.6. The van der Waals surface area contributed by atoms with E-state index in [-0.39, 0.29) is 5.91 Å². The second kappa shape index (κ2) is 6.86. The highest BCUT2D eigenvalue weighted by Crippen LogP contribution is 2.33. The number of nitrogens with one attached hydrogen (secondary N) is 2. The van der Waals surface area contributed by atoms with Gasteiger partial charge in [-0.1, -0.05) is 18.2 Å². The summed E-state index contributed by atoms with van der Waals surface area (Å²) in [5.74, 6) is 1.46. The summed E-state index contributed by atoms with van der Waals surface area (Å²) in [6, 6.07) is 8.14. The minimum absolute atomic E-state index is 0.0656. The first-order valence-corrected chi connectivity index (χ1v) is 9.61. The molecule has 0 unspecified atom stereocenters. The molecule has 8 heteroatoms. The van der Waals surface area contributed by atoms with Crippen molar-refractivity contribution in [3.05, 3.63) is 45.3 Å². The molecule has 0 saturated carbocycles. The molecule has 3 rings (SSSR count). The molecule has 0 fully saturated rings. The van der Waals surface area contributed by atoms with E-state index in [1.54, 1.807) is 16.3 Å². The van der Waals surface area contributed by atoms with E-state index in [2.05, 4.69) is 27.6 Å². The molecule has 5 nitrogen and oxygen atoms in total. The Hall–Kier alpha value is -1.64. The number of hydrogen-bond donors (Lipinski definition) is 2. The standard InChI is InChI=1S/C15H16N4OS3/c1-19-12(17-18-15(19)21)7-16-14(20)13-10(8-22-2)9-5-3-4-6-11(9)23-13/h3-6H,7-8H2,1-2H3,(H,16,20)(H,18,21). The van der Waals surface area contributed by atoms with Gasteiger partial charge in [0.2, 0.25) is 0 Å². The van der Waals surface area contributed by atoms with Crippen molar-refractivity contribution >= 4 is 51.3 Å². The molecule has 23 heavy (non-hydrogen) atoms. The Morgan fingerprint density at radius 1 is 1.48 bits per heavy atom. The molecule has 3 aromatic rings. The first-order chi connectivity index (χ1) is 11.1. The molecule has 1 amide bonds. The van der Waals surface area contributed by atoms with Crippen molar-refractivity contribution in [2.75, 3.05) is 6.26 Å². The summed E-state index contributed by atoms with van der Waals surface area (Å²) < 4.78 is 3.43. The maximum Gasteiger partial charge on any atom is 0.262 e. The van der Waals surface area contributed by atoms with Crippen LogP contribution in [0.2, 0.25) is 0 Å². The van der Waals surface area contributed by atoms with Gasteiger partial charge in [-0.05, 0) is 35.5 Å². The van der Waals surface area contributed by atoms with Crippen molar-refractivity contribution in [2.24, 2.45) is 7.05 Å². The molecule has 1 aromatic carbocycles. The van der Waals surface area contributed by atoms with E-state index in [1.165, 1.54) is 11.3 Å². The van der Waals surface area contributed by atoms with Crippen LogP contribution in [0.5, 0.6) is 0 Å². The first kappa shape index (κ1) is 16.2. The molecule has 0 bridgehead atoms. The molecule has 0 aliphatic carbocycles. The van der Waals surface area contributed by atoms with Crippen molar-refractivity contribution in [2.45, 2.75) is 12.3 Å². The Kier molecular flexibility index (Phi) is 4.84. The quantitative estimate of drug-likeness (QED) is 0.680. The minimum atomic E-state index is -0.0656. The molecule has 0 aliphatic heterocycles. The molecule has 2 N–H and O–H groups in total. The van der Waals surface area contributed by atoms with Crippen LogP contribution in [0.1, 0.15) is 21.1 Å². The highest BCUT2D eigenvalue weighted by molar-refractivity contribution is 7.97. The van der Waals surface area contributed by atoms with Gasteiger partial charge in [-0.2, -0.15) is 16.9 Å². The Morgan fingerprint density at radius 2 is 2.26 bits per heavy atom. The number of thiophene rings is 1. The average Bonchev–Trinajstić information content (AvgIpc) is 3.08.